The van der Waals surface area contributed by atoms with Gasteiger partial charge in [-0.25, -0.2) is 0 Å². The maximum Gasteiger partial charge on any atom is 0.308 e. The van der Waals surface area contributed by atoms with Crippen molar-refractivity contribution in [3.05, 3.63) is 65.7 Å². The number of carbonyl (C=O) groups excluding carboxylic acids is 3. The Balaban J connectivity index is 1.49. The molecule has 1 heterocycles. The molecular formula is C30H36N2O5. The highest BCUT2D eigenvalue weighted by Gasteiger charge is 2.54. The Morgan fingerprint density at radius 2 is 1.81 bits per heavy atom. The van der Waals surface area contributed by atoms with Crippen molar-refractivity contribution in [1.82, 2.24) is 10.2 Å². The van der Waals surface area contributed by atoms with Crippen LogP contribution in [0.5, 0.6) is 5.75 Å². The van der Waals surface area contributed by atoms with E-state index in [-0.39, 0.29) is 41.3 Å². The third-order valence-electron chi connectivity index (χ3n) is 8.19. The molecule has 1 amide bonds. The minimum Gasteiger partial charge on any atom is -0.462 e. The fraction of sp³-hybridized carbons (Fsp3) is 0.500. The second-order valence-corrected chi connectivity index (χ2v) is 11.0. The van der Waals surface area contributed by atoms with Gasteiger partial charge in [-0.2, -0.15) is 0 Å². The zero-order chi connectivity index (χ0) is 26.0. The summed E-state index contributed by atoms with van der Waals surface area (Å²) in [6, 6.07) is 16.8. The number of fused-ring (bicyclic) bond motifs is 1. The summed E-state index contributed by atoms with van der Waals surface area (Å²) >= 11 is 0. The lowest BCUT2D eigenvalue weighted by molar-refractivity contribution is -0.157. The maximum atomic E-state index is 13.1. The number of rotatable bonds is 7. The average molecular weight is 505 g/mol. The number of hydrogen-bond acceptors (Lipinski definition) is 6. The molecular weight excluding hydrogens is 468 g/mol. The zero-order valence-electron chi connectivity index (χ0n) is 21.7. The molecule has 3 fully saturated rings. The number of ether oxygens (including phenoxy) is 2. The Kier molecular flexibility index (Phi) is 7.33. The Bertz CT molecular complexity index is 1150. The van der Waals surface area contributed by atoms with Crippen LogP contribution in [-0.2, 0) is 19.7 Å². The number of piperidine rings is 1. The largest absolute Gasteiger partial charge is 0.462 e. The molecule has 1 N–H and O–H groups in total. The third kappa shape index (κ3) is 5.87. The molecule has 0 bridgehead atoms. The Morgan fingerprint density at radius 1 is 1.03 bits per heavy atom. The van der Waals surface area contributed by atoms with Crippen LogP contribution in [0.4, 0.5) is 0 Å². The first-order valence-electron chi connectivity index (χ1n) is 13.4. The summed E-state index contributed by atoms with van der Waals surface area (Å²) in [7, 11) is 0. The summed E-state index contributed by atoms with van der Waals surface area (Å²) in [6.07, 6.45) is 4.44. The van der Waals surface area contributed by atoms with Gasteiger partial charge in [0.25, 0.3) is 5.91 Å². The minimum atomic E-state index is -0.361. The third-order valence-corrected chi connectivity index (χ3v) is 8.19. The van der Waals surface area contributed by atoms with Crippen LogP contribution in [0.2, 0.25) is 0 Å². The summed E-state index contributed by atoms with van der Waals surface area (Å²) in [5.41, 5.74) is 1.35. The molecule has 0 radical (unpaired) electrons. The quantitative estimate of drug-likeness (QED) is 0.451. The van der Waals surface area contributed by atoms with Crippen LogP contribution in [0.25, 0.3) is 0 Å². The number of nitrogens with one attached hydrogen (secondary N) is 1. The zero-order valence-corrected chi connectivity index (χ0v) is 21.7. The number of benzene rings is 2. The second kappa shape index (κ2) is 10.7. The number of esters is 2. The van der Waals surface area contributed by atoms with Crippen LogP contribution in [0, 0.1) is 11.8 Å². The Hall–Kier alpha value is -3.19. The van der Waals surface area contributed by atoms with Gasteiger partial charge < -0.3 is 19.7 Å². The molecule has 7 heteroatoms. The molecule has 2 aromatic carbocycles. The summed E-state index contributed by atoms with van der Waals surface area (Å²) in [5.74, 6) is 0.565. The SMILES string of the molecule is CC(=O)Oc1cccc(C23CCN(CC4CC4)CC2C(OC(C)=O)CC(NC(=O)c2ccccc2)C3)c1. The van der Waals surface area contributed by atoms with E-state index in [0.29, 0.717) is 17.7 Å². The molecule has 4 atom stereocenters. The molecule has 196 valence electrons. The van der Waals surface area contributed by atoms with Crippen molar-refractivity contribution in [1.29, 1.82) is 0 Å². The molecule has 4 unspecified atom stereocenters. The van der Waals surface area contributed by atoms with Gasteiger partial charge in [0.1, 0.15) is 11.9 Å². The number of likely N-dealkylation sites (tertiary alicyclic amines) is 1. The van der Waals surface area contributed by atoms with Crippen molar-refractivity contribution >= 4 is 17.8 Å². The van der Waals surface area contributed by atoms with Gasteiger partial charge >= 0.3 is 11.9 Å². The van der Waals surface area contributed by atoms with Crippen LogP contribution < -0.4 is 10.1 Å². The normalized spacial score (nSPS) is 27.6. The fourth-order valence-electron chi connectivity index (χ4n) is 6.44. The van der Waals surface area contributed by atoms with Gasteiger partial charge in [-0.3, -0.25) is 14.4 Å². The molecule has 1 saturated heterocycles. The lowest BCUT2D eigenvalue weighted by atomic mass is 9.56. The Morgan fingerprint density at radius 3 is 2.51 bits per heavy atom. The maximum absolute atomic E-state index is 13.1. The van der Waals surface area contributed by atoms with Gasteiger partial charge in [0.05, 0.1) is 0 Å². The van der Waals surface area contributed by atoms with Gasteiger partial charge in [0.15, 0.2) is 0 Å². The summed E-state index contributed by atoms with van der Waals surface area (Å²) in [4.78, 5) is 39.6. The number of nitrogens with zero attached hydrogens (tertiary/aromatic N) is 1. The van der Waals surface area contributed by atoms with Crippen LogP contribution >= 0.6 is 0 Å². The van der Waals surface area contributed by atoms with Crippen LogP contribution in [0.1, 0.15) is 61.9 Å². The fourth-order valence-corrected chi connectivity index (χ4v) is 6.44. The van der Waals surface area contributed by atoms with Crippen molar-refractivity contribution in [3.8, 4) is 5.75 Å². The highest BCUT2D eigenvalue weighted by Crippen LogP contribution is 2.51. The highest BCUT2D eigenvalue weighted by molar-refractivity contribution is 5.94. The molecule has 7 nitrogen and oxygen atoms in total. The first kappa shape index (κ1) is 25.5. The van der Waals surface area contributed by atoms with Gasteiger partial charge in [-0.15, -0.1) is 0 Å². The topological polar surface area (TPSA) is 84.9 Å². The predicted octanol–water partition coefficient (Wildman–Crippen LogP) is 4.11. The molecule has 0 aromatic heterocycles. The van der Waals surface area contributed by atoms with Crippen molar-refractivity contribution in [2.45, 2.75) is 63.5 Å². The molecule has 0 spiro atoms. The van der Waals surface area contributed by atoms with Crippen LogP contribution in [0.3, 0.4) is 0 Å². The predicted molar refractivity (Wildman–Crippen MR) is 139 cm³/mol. The van der Waals surface area contributed by atoms with E-state index >= 15 is 0 Å². The average Bonchev–Trinajstić information content (AvgIpc) is 3.68. The van der Waals surface area contributed by atoms with Gasteiger partial charge in [0.2, 0.25) is 0 Å². The molecule has 2 aromatic rings. The number of hydrogen-bond donors (Lipinski definition) is 1. The van der Waals surface area contributed by atoms with Crippen LogP contribution in [0.15, 0.2) is 54.6 Å². The standard InChI is InChI=1S/C30H36N2O5/c1-20(33)36-26-10-6-9-24(15-26)30-13-14-32(18-22-11-12-22)19-27(30)28(37-21(2)34)16-25(17-30)31-29(35)23-7-4-3-5-8-23/h3-10,15,22,25,27-28H,11-14,16-19H2,1-2H3,(H,31,35). The summed E-state index contributed by atoms with van der Waals surface area (Å²) < 4.78 is 11.4. The number of amides is 1. The van der Waals surface area contributed by atoms with E-state index in [1.54, 1.807) is 18.2 Å². The lowest BCUT2D eigenvalue weighted by Gasteiger charge is -2.55. The van der Waals surface area contributed by atoms with Crippen molar-refractivity contribution < 1.29 is 23.9 Å². The molecule has 2 aliphatic carbocycles. The lowest BCUT2D eigenvalue weighted by Crippen LogP contribution is -2.61. The molecule has 2 saturated carbocycles. The highest BCUT2D eigenvalue weighted by atomic mass is 16.5. The van der Waals surface area contributed by atoms with Gasteiger partial charge in [-0.1, -0.05) is 30.3 Å². The first-order valence-corrected chi connectivity index (χ1v) is 13.4. The van der Waals surface area contributed by atoms with E-state index < -0.39 is 0 Å². The molecule has 3 aliphatic rings. The summed E-state index contributed by atoms with van der Waals surface area (Å²) in [6.45, 7) is 5.72. The van der Waals surface area contributed by atoms with Gasteiger partial charge in [0, 0.05) is 56.3 Å². The molecule has 5 rings (SSSR count). The second-order valence-electron chi connectivity index (χ2n) is 11.0. The van der Waals surface area contributed by atoms with E-state index in [0.717, 1.165) is 44.0 Å². The molecule has 1 aliphatic heterocycles. The van der Waals surface area contributed by atoms with Crippen molar-refractivity contribution in [3.63, 3.8) is 0 Å². The van der Waals surface area contributed by atoms with E-state index in [4.69, 9.17) is 9.47 Å². The van der Waals surface area contributed by atoms with Crippen molar-refractivity contribution in [2.75, 3.05) is 19.6 Å². The van der Waals surface area contributed by atoms with E-state index in [2.05, 4.69) is 16.3 Å². The number of carbonyl (C=O) groups is 3. The van der Waals surface area contributed by atoms with Gasteiger partial charge in [-0.05, 0) is 68.0 Å². The summed E-state index contributed by atoms with van der Waals surface area (Å²) in [5, 5.41) is 3.24. The van der Waals surface area contributed by atoms with E-state index in [1.807, 2.05) is 30.3 Å². The smallest absolute Gasteiger partial charge is 0.308 e. The van der Waals surface area contributed by atoms with Crippen LogP contribution in [-0.4, -0.2) is 54.5 Å². The van der Waals surface area contributed by atoms with Crippen molar-refractivity contribution in [2.24, 2.45) is 11.8 Å². The van der Waals surface area contributed by atoms with E-state index in [1.165, 1.54) is 26.7 Å². The van der Waals surface area contributed by atoms with E-state index in [9.17, 15) is 14.4 Å². The minimum absolute atomic E-state index is 0.0707. The first-order chi connectivity index (χ1) is 17.8. The monoisotopic (exact) mass is 504 g/mol. The Labute approximate surface area is 218 Å². The molecule has 37 heavy (non-hydrogen) atoms.